The number of aryl methyl sites for hydroxylation is 1. The standard InChI is InChI=1S/C16H20N4O3S/c1-9-13(24-14(18-9)19-10(2)21)12-7-6-11(8-17-12)20-15(22)23-16(3,4)5/h6-8H,1-5H3,(H,20,22)(H,18,19,21). The molecule has 0 aliphatic heterocycles. The SMILES string of the molecule is CC(=O)Nc1nc(C)c(-c2ccc(NC(=O)OC(C)(C)C)cn2)s1. The van der Waals surface area contributed by atoms with Crippen LogP contribution in [0.3, 0.4) is 0 Å². The Hall–Kier alpha value is -2.48. The van der Waals surface area contributed by atoms with Gasteiger partial charge >= 0.3 is 6.09 Å². The molecule has 2 N–H and O–H groups in total. The summed E-state index contributed by atoms with van der Waals surface area (Å²) in [4.78, 5) is 32.3. The molecule has 0 fully saturated rings. The molecular formula is C16H20N4O3S. The van der Waals surface area contributed by atoms with Gasteiger partial charge in [-0.25, -0.2) is 9.78 Å². The average molecular weight is 348 g/mol. The summed E-state index contributed by atoms with van der Waals surface area (Å²) >= 11 is 1.35. The molecule has 128 valence electrons. The quantitative estimate of drug-likeness (QED) is 0.879. The van der Waals surface area contributed by atoms with Gasteiger partial charge in [-0.15, -0.1) is 0 Å². The van der Waals surface area contributed by atoms with Crippen molar-refractivity contribution < 1.29 is 14.3 Å². The molecule has 2 rings (SSSR count). The maximum atomic E-state index is 11.7. The smallest absolute Gasteiger partial charge is 0.412 e. The molecule has 7 nitrogen and oxygen atoms in total. The monoisotopic (exact) mass is 348 g/mol. The van der Waals surface area contributed by atoms with E-state index in [1.165, 1.54) is 18.3 Å². The summed E-state index contributed by atoms with van der Waals surface area (Å²) in [6.07, 6.45) is 1.02. The lowest BCUT2D eigenvalue weighted by Gasteiger charge is -2.19. The Kier molecular flexibility index (Phi) is 5.18. The second-order valence-electron chi connectivity index (χ2n) is 6.17. The van der Waals surface area contributed by atoms with Crippen LogP contribution in [0.1, 0.15) is 33.4 Å². The van der Waals surface area contributed by atoms with Crippen LogP contribution in [0.4, 0.5) is 15.6 Å². The van der Waals surface area contributed by atoms with Crippen LogP contribution in [0, 0.1) is 6.92 Å². The molecule has 0 saturated heterocycles. The number of thiazole rings is 1. The van der Waals surface area contributed by atoms with Crippen molar-refractivity contribution >= 4 is 34.2 Å². The predicted molar refractivity (Wildman–Crippen MR) is 94.2 cm³/mol. The lowest BCUT2D eigenvalue weighted by atomic mass is 10.2. The van der Waals surface area contributed by atoms with Gasteiger partial charge in [0.15, 0.2) is 5.13 Å². The van der Waals surface area contributed by atoms with E-state index < -0.39 is 11.7 Å². The number of nitrogens with zero attached hydrogens (tertiary/aromatic N) is 2. The van der Waals surface area contributed by atoms with Crippen molar-refractivity contribution in [3.05, 3.63) is 24.0 Å². The van der Waals surface area contributed by atoms with Crippen molar-refractivity contribution in [1.82, 2.24) is 9.97 Å². The van der Waals surface area contributed by atoms with Gasteiger partial charge in [-0.05, 0) is 39.8 Å². The third-order valence-corrected chi connectivity index (χ3v) is 3.82. The summed E-state index contributed by atoms with van der Waals surface area (Å²) in [7, 11) is 0. The highest BCUT2D eigenvalue weighted by Gasteiger charge is 2.17. The van der Waals surface area contributed by atoms with Crippen LogP contribution < -0.4 is 10.6 Å². The first-order chi connectivity index (χ1) is 11.1. The molecule has 8 heteroatoms. The molecule has 0 aromatic carbocycles. The number of nitrogens with one attached hydrogen (secondary N) is 2. The first-order valence-corrected chi connectivity index (χ1v) is 8.17. The highest BCUT2D eigenvalue weighted by atomic mass is 32.1. The summed E-state index contributed by atoms with van der Waals surface area (Å²) < 4.78 is 5.19. The topological polar surface area (TPSA) is 93.2 Å². The molecule has 0 aliphatic carbocycles. The van der Waals surface area contributed by atoms with Gasteiger partial charge in [0.2, 0.25) is 5.91 Å². The molecule has 0 spiro atoms. The molecule has 0 radical (unpaired) electrons. The highest BCUT2D eigenvalue weighted by molar-refractivity contribution is 7.19. The number of ether oxygens (including phenoxy) is 1. The number of aromatic nitrogens is 2. The number of pyridine rings is 1. The zero-order valence-corrected chi connectivity index (χ0v) is 15.1. The largest absolute Gasteiger partial charge is 0.444 e. The maximum absolute atomic E-state index is 11.7. The first kappa shape index (κ1) is 17.9. The van der Waals surface area contributed by atoms with Crippen molar-refractivity contribution in [3.63, 3.8) is 0 Å². The fraction of sp³-hybridized carbons (Fsp3) is 0.375. The Morgan fingerprint density at radius 2 is 1.92 bits per heavy atom. The van der Waals surface area contributed by atoms with Crippen LogP contribution in [0.2, 0.25) is 0 Å². The summed E-state index contributed by atoms with van der Waals surface area (Å²) in [6.45, 7) is 8.69. The van der Waals surface area contributed by atoms with Gasteiger partial charge in [-0.1, -0.05) is 11.3 Å². The Balaban J connectivity index is 2.11. The zero-order chi connectivity index (χ0) is 17.9. The van der Waals surface area contributed by atoms with Gasteiger partial charge in [-0.2, -0.15) is 0 Å². The van der Waals surface area contributed by atoms with Crippen molar-refractivity contribution in [1.29, 1.82) is 0 Å². The van der Waals surface area contributed by atoms with Crippen LogP contribution in [-0.4, -0.2) is 27.6 Å². The minimum absolute atomic E-state index is 0.167. The minimum Gasteiger partial charge on any atom is -0.444 e. The Morgan fingerprint density at radius 3 is 2.46 bits per heavy atom. The van der Waals surface area contributed by atoms with Gasteiger partial charge in [0.1, 0.15) is 5.60 Å². The van der Waals surface area contributed by atoms with E-state index >= 15 is 0 Å². The van der Waals surface area contributed by atoms with Crippen molar-refractivity contribution in [2.45, 2.75) is 40.2 Å². The average Bonchev–Trinajstić information content (AvgIpc) is 2.77. The van der Waals surface area contributed by atoms with Crippen molar-refractivity contribution in [2.24, 2.45) is 0 Å². The summed E-state index contributed by atoms with van der Waals surface area (Å²) in [5, 5.41) is 5.83. The number of rotatable bonds is 3. The molecule has 2 heterocycles. The first-order valence-electron chi connectivity index (χ1n) is 7.35. The molecule has 2 aromatic rings. The van der Waals surface area contributed by atoms with Gasteiger partial charge in [0.05, 0.1) is 28.1 Å². The van der Waals surface area contributed by atoms with Gasteiger partial charge < -0.3 is 10.1 Å². The lowest BCUT2D eigenvalue weighted by molar-refractivity contribution is -0.114. The van der Waals surface area contributed by atoms with E-state index in [0.717, 1.165) is 16.3 Å². The zero-order valence-electron chi connectivity index (χ0n) is 14.3. The molecule has 2 aromatic heterocycles. The summed E-state index contributed by atoms with van der Waals surface area (Å²) in [6, 6.07) is 3.52. The fourth-order valence-electron chi connectivity index (χ4n) is 1.86. The van der Waals surface area contributed by atoms with Gasteiger partial charge in [-0.3, -0.25) is 15.1 Å². The Labute approximate surface area is 144 Å². The van der Waals surface area contributed by atoms with E-state index in [0.29, 0.717) is 10.8 Å². The molecule has 0 aliphatic rings. The van der Waals surface area contributed by atoms with Crippen LogP contribution in [-0.2, 0) is 9.53 Å². The van der Waals surface area contributed by atoms with E-state index in [-0.39, 0.29) is 5.91 Å². The van der Waals surface area contributed by atoms with Crippen LogP contribution in [0.25, 0.3) is 10.6 Å². The predicted octanol–water partition coefficient (Wildman–Crippen LogP) is 3.82. The van der Waals surface area contributed by atoms with Gasteiger partial charge in [0.25, 0.3) is 0 Å². The van der Waals surface area contributed by atoms with E-state index in [9.17, 15) is 9.59 Å². The molecule has 2 amide bonds. The third-order valence-electron chi connectivity index (χ3n) is 2.72. The molecule has 0 atom stereocenters. The number of hydrogen-bond acceptors (Lipinski definition) is 6. The van der Waals surface area contributed by atoms with E-state index in [2.05, 4.69) is 20.6 Å². The third kappa shape index (κ3) is 5.02. The van der Waals surface area contributed by atoms with Crippen LogP contribution >= 0.6 is 11.3 Å². The second kappa shape index (κ2) is 6.96. The second-order valence-corrected chi connectivity index (χ2v) is 7.17. The maximum Gasteiger partial charge on any atom is 0.412 e. The number of hydrogen-bond donors (Lipinski definition) is 2. The Morgan fingerprint density at radius 1 is 1.21 bits per heavy atom. The normalized spacial score (nSPS) is 11.0. The van der Waals surface area contributed by atoms with Crippen LogP contribution in [0.15, 0.2) is 18.3 Å². The van der Waals surface area contributed by atoms with Crippen LogP contribution in [0.5, 0.6) is 0 Å². The number of carbonyl (C=O) groups is 2. The fourth-order valence-corrected chi connectivity index (χ4v) is 2.85. The molecule has 0 bridgehead atoms. The molecule has 0 saturated carbocycles. The molecular weight excluding hydrogens is 328 g/mol. The molecule has 0 unspecified atom stereocenters. The number of anilines is 2. The van der Waals surface area contributed by atoms with E-state index in [1.54, 1.807) is 39.1 Å². The highest BCUT2D eigenvalue weighted by Crippen LogP contribution is 2.31. The summed E-state index contributed by atoms with van der Waals surface area (Å²) in [5.74, 6) is -0.167. The lowest BCUT2D eigenvalue weighted by Crippen LogP contribution is -2.27. The van der Waals surface area contributed by atoms with E-state index in [4.69, 9.17) is 4.74 Å². The van der Waals surface area contributed by atoms with E-state index in [1.807, 2.05) is 6.92 Å². The number of carbonyl (C=O) groups excluding carboxylic acids is 2. The summed E-state index contributed by atoms with van der Waals surface area (Å²) in [5.41, 5.74) is 1.48. The van der Waals surface area contributed by atoms with Gasteiger partial charge in [0, 0.05) is 6.92 Å². The Bertz CT molecular complexity index is 748. The van der Waals surface area contributed by atoms with Crippen molar-refractivity contribution in [2.75, 3.05) is 10.6 Å². The minimum atomic E-state index is -0.558. The number of amides is 2. The molecule has 24 heavy (non-hydrogen) atoms. The van der Waals surface area contributed by atoms with Crippen molar-refractivity contribution in [3.8, 4) is 10.6 Å².